The first-order chi connectivity index (χ1) is 14.0. The predicted octanol–water partition coefficient (Wildman–Crippen LogP) is 9.10. The predicted molar refractivity (Wildman–Crippen MR) is 131 cm³/mol. The van der Waals surface area contributed by atoms with Gasteiger partial charge >= 0.3 is 0 Å². The van der Waals surface area contributed by atoms with E-state index in [9.17, 15) is 0 Å². The zero-order valence-corrected chi connectivity index (χ0v) is 20.9. The van der Waals surface area contributed by atoms with Gasteiger partial charge in [-0.05, 0) is 48.9 Å². The third-order valence-corrected chi connectivity index (χ3v) is 10.9. The highest BCUT2D eigenvalue weighted by molar-refractivity contribution is 6.72. The molecule has 0 spiro atoms. The quantitative estimate of drug-likeness (QED) is 0.217. The molecular formula is C27H48OSi. The van der Waals surface area contributed by atoms with Crippen LogP contribution in [0.2, 0.25) is 18.6 Å². The summed E-state index contributed by atoms with van der Waals surface area (Å²) in [5, 5.41) is 0. The van der Waals surface area contributed by atoms with E-state index < -0.39 is 8.32 Å². The van der Waals surface area contributed by atoms with Crippen LogP contribution in [0.1, 0.15) is 109 Å². The zero-order valence-electron chi connectivity index (χ0n) is 19.9. The fraction of sp³-hybridized carbons (Fsp3) is 0.778. The lowest BCUT2D eigenvalue weighted by Crippen LogP contribution is -2.45. The molecule has 1 aliphatic rings. The summed E-state index contributed by atoms with van der Waals surface area (Å²) in [4.78, 5) is 0. The van der Waals surface area contributed by atoms with Gasteiger partial charge in [-0.1, -0.05) is 115 Å². The van der Waals surface area contributed by atoms with Crippen LogP contribution in [-0.2, 0) is 4.43 Å². The first-order valence-corrected chi connectivity index (χ1v) is 15.6. The molecule has 0 bridgehead atoms. The average Bonchev–Trinajstić information content (AvgIpc) is 2.72. The molecule has 1 heterocycles. The normalized spacial score (nSPS) is 24.3. The Balaban J connectivity index is 1.65. The van der Waals surface area contributed by atoms with E-state index in [-0.39, 0.29) is 0 Å². The molecule has 1 nitrogen and oxygen atoms in total. The van der Waals surface area contributed by atoms with E-state index >= 15 is 0 Å². The Kier molecular flexibility index (Phi) is 11.6. The van der Waals surface area contributed by atoms with Crippen molar-refractivity contribution in [1.29, 1.82) is 0 Å². The average molecular weight is 417 g/mol. The van der Waals surface area contributed by atoms with Crippen LogP contribution < -0.4 is 0 Å². The molecule has 1 saturated heterocycles. The van der Waals surface area contributed by atoms with Crippen molar-refractivity contribution in [3.8, 4) is 0 Å². The number of rotatable bonds is 14. The topological polar surface area (TPSA) is 9.23 Å². The van der Waals surface area contributed by atoms with Gasteiger partial charge in [0.2, 0.25) is 0 Å². The van der Waals surface area contributed by atoms with E-state index in [2.05, 4.69) is 57.7 Å². The third kappa shape index (κ3) is 9.38. The molecule has 0 amide bonds. The molecule has 0 N–H and O–H groups in total. The summed E-state index contributed by atoms with van der Waals surface area (Å²) in [6.07, 6.45) is 17.4. The summed E-state index contributed by atoms with van der Waals surface area (Å²) in [7, 11) is -1.58. The smallest absolute Gasteiger partial charge is 0.190 e. The Morgan fingerprint density at radius 1 is 0.931 bits per heavy atom. The molecule has 2 heteroatoms. The summed E-state index contributed by atoms with van der Waals surface area (Å²) in [6, 6.07) is 13.7. The maximum absolute atomic E-state index is 6.90. The first-order valence-electron chi connectivity index (χ1n) is 12.8. The van der Waals surface area contributed by atoms with Gasteiger partial charge < -0.3 is 4.43 Å². The first kappa shape index (κ1) is 24.7. The summed E-state index contributed by atoms with van der Waals surface area (Å²) in [6.45, 7) is 9.65. The van der Waals surface area contributed by atoms with Crippen LogP contribution in [0.5, 0.6) is 0 Å². The lowest BCUT2D eigenvalue weighted by Gasteiger charge is -2.41. The van der Waals surface area contributed by atoms with Crippen molar-refractivity contribution < 1.29 is 4.43 Å². The van der Waals surface area contributed by atoms with Crippen LogP contribution >= 0.6 is 0 Å². The largest absolute Gasteiger partial charge is 0.414 e. The summed E-state index contributed by atoms with van der Waals surface area (Å²) < 4.78 is 6.90. The monoisotopic (exact) mass is 416 g/mol. The van der Waals surface area contributed by atoms with Gasteiger partial charge in [0, 0.05) is 6.10 Å². The van der Waals surface area contributed by atoms with Crippen molar-refractivity contribution in [2.24, 2.45) is 5.92 Å². The van der Waals surface area contributed by atoms with Crippen molar-refractivity contribution >= 4 is 8.32 Å². The fourth-order valence-electron chi connectivity index (χ4n) is 5.22. The van der Waals surface area contributed by atoms with Crippen molar-refractivity contribution in [3.63, 3.8) is 0 Å². The Bertz CT molecular complexity index is 531. The SMILES string of the molecule is CCCCCCCCCCCC(C)C1CCC[Si](C)(CC(C)c2ccccc2)O1. The van der Waals surface area contributed by atoms with Gasteiger partial charge in [-0.25, -0.2) is 0 Å². The van der Waals surface area contributed by atoms with E-state index in [0.29, 0.717) is 12.0 Å². The van der Waals surface area contributed by atoms with Gasteiger partial charge in [0.25, 0.3) is 0 Å². The standard InChI is InChI=1S/C27H48OSi/c1-5-6-7-8-9-10-11-12-14-18-24(2)27-21-17-22-29(4,28-27)23-25(3)26-19-15-13-16-20-26/h13,15-16,19-20,24-25,27H,5-12,14,17-18,21-23H2,1-4H3. The van der Waals surface area contributed by atoms with Crippen molar-refractivity contribution in [2.45, 2.75) is 128 Å². The second kappa shape index (κ2) is 13.7. The highest BCUT2D eigenvalue weighted by Crippen LogP contribution is 2.37. The van der Waals surface area contributed by atoms with Gasteiger partial charge in [-0.2, -0.15) is 0 Å². The molecule has 1 fully saturated rings. The van der Waals surface area contributed by atoms with Crippen LogP contribution in [0, 0.1) is 5.92 Å². The molecule has 1 aliphatic heterocycles. The van der Waals surface area contributed by atoms with E-state index in [0.717, 1.165) is 5.92 Å². The van der Waals surface area contributed by atoms with E-state index in [1.807, 2.05) is 0 Å². The molecule has 4 unspecified atom stereocenters. The highest BCUT2D eigenvalue weighted by Gasteiger charge is 2.38. The Morgan fingerprint density at radius 2 is 1.55 bits per heavy atom. The van der Waals surface area contributed by atoms with Crippen LogP contribution in [0.3, 0.4) is 0 Å². The summed E-state index contributed by atoms with van der Waals surface area (Å²) in [5.41, 5.74) is 1.48. The molecule has 166 valence electrons. The summed E-state index contributed by atoms with van der Waals surface area (Å²) in [5.74, 6) is 1.36. The molecule has 2 rings (SSSR count). The number of unbranched alkanes of at least 4 members (excludes halogenated alkanes) is 8. The van der Waals surface area contributed by atoms with Crippen molar-refractivity contribution in [1.82, 2.24) is 0 Å². The zero-order chi connectivity index (χ0) is 21.0. The molecule has 29 heavy (non-hydrogen) atoms. The second-order valence-corrected chi connectivity index (χ2v) is 14.2. The van der Waals surface area contributed by atoms with Crippen LogP contribution in [0.4, 0.5) is 0 Å². The van der Waals surface area contributed by atoms with E-state index in [1.54, 1.807) is 0 Å². The molecule has 0 saturated carbocycles. The molecular weight excluding hydrogens is 368 g/mol. The molecule has 0 radical (unpaired) electrons. The molecule has 0 aliphatic carbocycles. The van der Waals surface area contributed by atoms with Crippen LogP contribution in [0.25, 0.3) is 0 Å². The van der Waals surface area contributed by atoms with Crippen molar-refractivity contribution in [3.05, 3.63) is 35.9 Å². The maximum atomic E-state index is 6.90. The van der Waals surface area contributed by atoms with Gasteiger partial charge in [0.05, 0.1) is 0 Å². The minimum absolute atomic E-state index is 0.525. The Morgan fingerprint density at radius 3 is 2.21 bits per heavy atom. The second-order valence-electron chi connectivity index (χ2n) is 10.1. The van der Waals surface area contributed by atoms with Crippen LogP contribution in [-0.4, -0.2) is 14.4 Å². The lowest BCUT2D eigenvalue weighted by molar-refractivity contribution is 0.0984. The molecule has 1 aromatic rings. The molecule has 4 atom stereocenters. The van der Waals surface area contributed by atoms with Gasteiger partial charge in [-0.15, -0.1) is 0 Å². The Labute approximate surface area is 183 Å². The summed E-state index contributed by atoms with van der Waals surface area (Å²) >= 11 is 0. The Hall–Kier alpha value is -0.603. The van der Waals surface area contributed by atoms with Crippen LogP contribution in [0.15, 0.2) is 30.3 Å². The third-order valence-electron chi connectivity index (χ3n) is 7.13. The van der Waals surface area contributed by atoms with E-state index in [1.165, 1.54) is 94.7 Å². The van der Waals surface area contributed by atoms with E-state index in [4.69, 9.17) is 4.43 Å². The maximum Gasteiger partial charge on any atom is 0.190 e. The molecule has 1 aromatic carbocycles. The number of benzene rings is 1. The number of hydrogen-bond donors (Lipinski definition) is 0. The van der Waals surface area contributed by atoms with Gasteiger partial charge in [-0.3, -0.25) is 0 Å². The fourth-order valence-corrected chi connectivity index (χ4v) is 9.20. The van der Waals surface area contributed by atoms with Gasteiger partial charge in [0.1, 0.15) is 0 Å². The number of hydrogen-bond acceptors (Lipinski definition) is 1. The van der Waals surface area contributed by atoms with Gasteiger partial charge in [0.15, 0.2) is 8.32 Å². The lowest BCUT2D eigenvalue weighted by atomic mass is 9.94. The van der Waals surface area contributed by atoms with Crippen molar-refractivity contribution in [2.75, 3.05) is 0 Å². The minimum atomic E-state index is -1.58. The molecule has 0 aromatic heterocycles. The highest BCUT2D eigenvalue weighted by atomic mass is 28.4. The minimum Gasteiger partial charge on any atom is -0.414 e.